The van der Waals surface area contributed by atoms with Crippen molar-refractivity contribution in [3.8, 4) is 0 Å². The van der Waals surface area contributed by atoms with E-state index in [9.17, 15) is 4.39 Å². The van der Waals surface area contributed by atoms with E-state index in [0.29, 0.717) is 13.1 Å². The van der Waals surface area contributed by atoms with Crippen LogP contribution in [0, 0.1) is 6.92 Å². The molecule has 0 fully saturated rings. The molecule has 2 aromatic heterocycles. The standard InChI is InChI=1S/C12H18FN5/c1-3-18-12(10(2)6-16-18)8-14-11-7-15-17(9-11)5-4-13/h6-7,9,14H,3-5,8H2,1-2H3. The van der Waals surface area contributed by atoms with E-state index in [0.717, 1.165) is 17.9 Å². The molecule has 2 rings (SSSR count). The number of alkyl halides is 1. The lowest BCUT2D eigenvalue weighted by atomic mass is 10.2. The SMILES string of the molecule is CCn1ncc(C)c1CNc1cnn(CCF)c1. The number of nitrogens with one attached hydrogen (secondary N) is 1. The van der Waals surface area contributed by atoms with Crippen LogP contribution in [0.4, 0.5) is 10.1 Å². The maximum Gasteiger partial charge on any atom is 0.109 e. The Labute approximate surface area is 106 Å². The van der Waals surface area contributed by atoms with Crippen molar-refractivity contribution in [1.82, 2.24) is 19.6 Å². The fraction of sp³-hybridized carbons (Fsp3) is 0.500. The first kappa shape index (κ1) is 12.6. The summed E-state index contributed by atoms with van der Waals surface area (Å²) < 4.78 is 15.7. The summed E-state index contributed by atoms with van der Waals surface area (Å²) in [6, 6.07) is 0. The fourth-order valence-electron chi connectivity index (χ4n) is 1.86. The van der Waals surface area contributed by atoms with Crippen molar-refractivity contribution in [3.05, 3.63) is 29.8 Å². The Morgan fingerprint density at radius 3 is 2.89 bits per heavy atom. The zero-order valence-electron chi connectivity index (χ0n) is 10.7. The van der Waals surface area contributed by atoms with E-state index < -0.39 is 6.67 Å². The highest BCUT2D eigenvalue weighted by atomic mass is 19.1. The van der Waals surface area contributed by atoms with Crippen LogP contribution in [-0.2, 0) is 19.6 Å². The van der Waals surface area contributed by atoms with Gasteiger partial charge in [0, 0.05) is 12.7 Å². The topological polar surface area (TPSA) is 47.7 Å². The summed E-state index contributed by atoms with van der Waals surface area (Å²) in [5, 5.41) is 11.6. The highest BCUT2D eigenvalue weighted by Gasteiger charge is 2.06. The highest BCUT2D eigenvalue weighted by molar-refractivity contribution is 5.39. The van der Waals surface area contributed by atoms with Crippen LogP contribution in [0.3, 0.4) is 0 Å². The molecule has 0 saturated heterocycles. The number of aromatic nitrogens is 4. The molecule has 0 aliphatic carbocycles. The number of aryl methyl sites for hydroxylation is 3. The highest BCUT2D eigenvalue weighted by Crippen LogP contribution is 2.11. The molecule has 0 bridgehead atoms. The Hall–Kier alpha value is -1.85. The van der Waals surface area contributed by atoms with Crippen molar-refractivity contribution in [3.63, 3.8) is 0 Å². The maximum atomic E-state index is 12.2. The van der Waals surface area contributed by atoms with E-state index >= 15 is 0 Å². The van der Waals surface area contributed by atoms with Gasteiger partial charge in [0.15, 0.2) is 0 Å². The third-order valence-corrected chi connectivity index (χ3v) is 2.86. The fourth-order valence-corrected chi connectivity index (χ4v) is 1.86. The summed E-state index contributed by atoms with van der Waals surface area (Å²) in [5.74, 6) is 0. The summed E-state index contributed by atoms with van der Waals surface area (Å²) in [6.45, 7) is 5.56. The molecule has 0 amide bonds. The van der Waals surface area contributed by atoms with Crippen molar-refractivity contribution >= 4 is 5.69 Å². The van der Waals surface area contributed by atoms with Crippen molar-refractivity contribution in [2.45, 2.75) is 33.5 Å². The minimum Gasteiger partial charge on any atom is -0.377 e. The van der Waals surface area contributed by atoms with E-state index in [1.165, 1.54) is 5.56 Å². The normalized spacial score (nSPS) is 10.8. The number of halogens is 1. The lowest BCUT2D eigenvalue weighted by molar-refractivity contribution is 0.427. The second-order valence-corrected chi connectivity index (χ2v) is 4.12. The van der Waals surface area contributed by atoms with Gasteiger partial charge < -0.3 is 5.32 Å². The lowest BCUT2D eigenvalue weighted by Crippen LogP contribution is -2.08. The molecule has 18 heavy (non-hydrogen) atoms. The molecular weight excluding hydrogens is 233 g/mol. The van der Waals surface area contributed by atoms with Crippen LogP contribution in [0.25, 0.3) is 0 Å². The van der Waals surface area contributed by atoms with E-state index in [-0.39, 0.29) is 0 Å². The van der Waals surface area contributed by atoms with Gasteiger partial charge in [-0.2, -0.15) is 10.2 Å². The van der Waals surface area contributed by atoms with Crippen molar-refractivity contribution in [2.24, 2.45) is 0 Å². The average molecular weight is 251 g/mol. The van der Waals surface area contributed by atoms with Crippen LogP contribution >= 0.6 is 0 Å². The molecule has 2 heterocycles. The first-order valence-corrected chi connectivity index (χ1v) is 6.08. The number of rotatable bonds is 6. The van der Waals surface area contributed by atoms with Gasteiger partial charge in [-0.25, -0.2) is 4.39 Å². The smallest absolute Gasteiger partial charge is 0.109 e. The number of anilines is 1. The maximum absolute atomic E-state index is 12.2. The molecule has 0 aliphatic rings. The van der Waals surface area contributed by atoms with Crippen LogP contribution < -0.4 is 5.32 Å². The molecule has 0 aromatic carbocycles. The van der Waals surface area contributed by atoms with Gasteiger partial charge in [-0.1, -0.05) is 0 Å². The quantitative estimate of drug-likeness (QED) is 0.854. The van der Waals surface area contributed by atoms with Gasteiger partial charge in [-0.05, 0) is 19.4 Å². The zero-order valence-corrected chi connectivity index (χ0v) is 10.7. The van der Waals surface area contributed by atoms with Gasteiger partial charge in [-0.3, -0.25) is 9.36 Å². The molecule has 98 valence electrons. The van der Waals surface area contributed by atoms with Crippen LogP contribution in [0.1, 0.15) is 18.2 Å². The molecule has 0 spiro atoms. The molecule has 6 heteroatoms. The monoisotopic (exact) mass is 251 g/mol. The van der Waals surface area contributed by atoms with Gasteiger partial charge in [-0.15, -0.1) is 0 Å². The largest absolute Gasteiger partial charge is 0.377 e. The van der Waals surface area contributed by atoms with Gasteiger partial charge in [0.25, 0.3) is 0 Å². The summed E-state index contributed by atoms with van der Waals surface area (Å²) in [6.07, 6.45) is 5.38. The van der Waals surface area contributed by atoms with E-state index in [4.69, 9.17) is 0 Å². The predicted octanol–water partition coefficient (Wildman–Crippen LogP) is 1.99. The molecule has 1 N–H and O–H groups in total. The number of nitrogens with zero attached hydrogens (tertiary/aromatic N) is 4. The van der Waals surface area contributed by atoms with Gasteiger partial charge in [0.1, 0.15) is 6.67 Å². The molecule has 0 aliphatic heterocycles. The van der Waals surface area contributed by atoms with E-state index in [2.05, 4.69) is 22.4 Å². The molecule has 0 unspecified atom stereocenters. The molecule has 5 nitrogen and oxygen atoms in total. The van der Waals surface area contributed by atoms with Crippen LogP contribution in [-0.4, -0.2) is 26.2 Å². The number of hydrogen-bond donors (Lipinski definition) is 1. The second kappa shape index (κ2) is 5.66. The van der Waals surface area contributed by atoms with Gasteiger partial charge in [0.05, 0.1) is 36.9 Å². The summed E-state index contributed by atoms with van der Waals surface area (Å²) in [4.78, 5) is 0. The van der Waals surface area contributed by atoms with Gasteiger partial charge in [0.2, 0.25) is 0 Å². The summed E-state index contributed by atoms with van der Waals surface area (Å²) in [7, 11) is 0. The Bertz CT molecular complexity index is 502. The first-order chi connectivity index (χ1) is 8.74. The molecule has 0 atom stereocenters. The van der Waals surface area contributed by atoms with E-state index in [1.54, 1.807) is 10.9 Å². The Kier molecular flexibility index (Phi) is 3.96. The van der Waals surface area contributed by atoms with Crippen LogP contribution in [0.2, 0.25) is 0 Å². The molecule has 2 aromatic rings. The van der Waals surface area contributed by atoms with Crippen molar-refractivity contribution in [1.29, 1.82) is 0 Å². The Morgan fingerprint density at radius 2 is 2.17 bits per heavy atom. The third-order valence-electron chi connectivity index (χ3n) is 2.86. The molecular formula is C12H18FN5. The molecule has 0 saturated carbocycles. The van der Waals surface area contributed by atoms with Gasteiger partial charge >= 0.3 is 0 Å². The van der Waals surface area contributed by atoms with Crippen LogP contribution in [0.5, 0.6) is 0 Å². The third kappa shape index (κ3) is 2.69. The Morgan fingerprint density at radius 1 is 1.33 bits per heavy atom. The van der Waals surface area contributed by atoms with Crippen molar-refractivity contribution in [2.75, 3.05) is 12.0 Å². The van der Waals surface area contributed by atoms with Crippen LogP contribution in [0.15, 0.2) is 18.6 Å². The predicted molar refractivity (Wildman–Crippen MR) is 68.2 cm³/mol. The zero-order chi connectivity index (χ0) is 13.0. The minimum absolute atomic E-state index is 0.299. The Balaban J connectivity index is 1.99. The molecule has 0 radical (unpaired) electrons. The summed E-state index contributed by atoms with van der Waals surface area (Å²) >= 11 is 0. The second-order valence-electron chi connectivity index (χ2n) is 4.12. The summed E-state index contributed by atoms with van der Waals surface area (Å²) in [5.41, 5.74) is 3.22. The van der Waals surface area contributed by atoms with E-state index in [1.807, 2.05) is 24.0 Å². The lowest BCUT2D eigenvalue weighted by Gasteiger charge is -2.07. The first-order valence-electron chi connectivity index (χ1n) is 6.08. The minimum atomic E-state index is -0.400. The number of hydrogen-bond acceptors (Lipinski definition) is 3. The van der Waals surface area contributed by atoms with Crippen molar-refractivity contribution < 1.29 is 4.39 Å². The average Bonchev–Trinajstić information content (AvgIpc) is 2.94.